The van der Waals surface area contributed by atoms with Crippen LogP contribution in [0.1, 0.15) is 32.7 Å². The Morgan fingerprint density at radius 1 is 1.00 bits per heavy atom. The van der Waals surface area contributed by atoms with Crippen molar-refractivity contribution in [2.75, 3.05) is 30.8 Å². The molecule has 2 heterocycles. The molecule has 8 nitrogen and oxygen atoms in total. The summed E-state index contributed by atoms with van der Waals surface area (Å²) in [6.45, 7) is 1.83. The van der Waals surface area contributed by atoms with Gasteiger partial charge in [-0.3, -0.25) is 14.6 Å². The molecule has 0 spiro atoms. The van der Waals surface area contributed by atoms with Crippen molar-refractivity contribution in [1.29, 1.82) is 0 Å². The fourth-order valence-corrected chi connectivity index (χ4v) is 3.71. The minimum atomic E-state index is -4.96. The molecule has 3 aromatic rings. The number of aliphatic imine (C=N–C) groups is 1. The SMILES string of the molecule is CN=C(c1ccc(C(=O)Nc2ccc(OC(F)(F)F)cc2C(=O)Nc2ccc(Cl)cn2)cc1)N1CCC1. The average Bonchev–Trinajstić information content (AvgIpc) is 2.82. The first-order valence-electron chi connectivity index (χ1n) is 11.1. The zero-order valence-electron chi connectivity index (χ0n) is 19.5. The van der Waals surface area contributed by atoms with Gasteiger partial charge in [-0.2, -0.15) is 0 Å². The number of hydrogen-bond acceptors (Lipinski definition) is 5. The van der Waals surface area contributed by atoms with Gasteiger partial charge in [0, 0.05) is 37.5 Å². The number of halogens is 4. The molecule has 0 saturated carbocycles. The van der Waals surface area contributed by atoms with Gasteiger partial charge in [-0.05, 0) is 48.9 Å². The maximum Gasteiger partial charge on any atom is 0.573 e. The predicted molar refractivity (Wildman–Crippen MR) is 133 cm³/mol. The molecule has 1 aliphatic rings. The first kappa shape index (κ1) is 26.0. The minimum Gasteiger partial charge on any atom is -0.406 e. The van der Waals surface area contributed by atoms with E-state index in [1.165, 1.54) is 18.3 Å². The van der Waals surface area contributed by atoms with Crippen LogP contribution in [-0.4, -0.2) is 54.0 Å². The molecule has 1 aromatic heterocycles. The van der Waals surface area contributed by atoms with E-state index in [2.05, 4.69) is 30.2 Å². The molecule has 0 aliphatic carbocycles. The molecule has 0 radical (unpaired) electrons. The van der Waals surface area contributed by atoms with E-state index < -0.39 is 23.9 Å². The van der Waals surface area contributed by atoms with Crippen molar-refractivity contribution < 1.29 is 27.5 Å². The number of amidine groups is 1. The first-order chi connectivity index (χ1) is 17.6. The number of carbonyl (C=O) groups is 2. The number of alkyl halides is 3. The Morgan fingerprint density at radius 2 is 1.70 bits per heavy atom. The lowest BCUT2D eigenvalue weighted by Gasteiger charge is -2.34. The lowest BCUT2D eigenvalue weighted by atomic mass is 10.1. The number of ether oxygens (including phenoxy) is 1. The maximum absolute atomic E-state index is 12.9. The van der Waals surface area contributed by atoms with Crippen LogP contribution in [0.2, 0.25) is 5.02 Å². The highest BCUT2D eigenvalue weighted by Crippen LogP contribution is 2.28. The van der Waals surface area contributed by atoms with Gasteiger partial charge in [0.1, 0.15) is 17.4 Å². The number of carbonyl (C=O) groups excluding carboxylic acids is 2. The van der Waals surface area contributed by atoms with Gasteiger partial charge in [0.2, 0.25) is 0 Å². The number of pyridine rings is 1. The molecule has 2 amide bonds. The summed E-state index contributed by atoms with van der Waals surface area (Å²) in [4.78, 5) is 36.2. The standard InChI is InChI=1S/C25H21ClF3N5O3/c1-30-22(34-11-2-12-34)15-3-5-16(6-4-15)23(35)32-20-9-8-18(37-25(27,28)29)13-19(20)24(36)33-21-10-7-17(26)14-31-21/h3-10,13-14H,2,11-12H2,1H3,(H,32,35)(H,31,33,36). The number of benzene rings is 2. The molecule has 1 saturated heterocycles. The van der Waals surface area contributed by atoms with Crippen LogP contribution in [0.25, 0.3) is 0 Å². The summed E-state index contributed by atoms with van der Waals surface area (Å²) < 4.78 is 42.2. The predicted octanol–water partition coefficient (Wildman–Crippen LogP) is 5.22. The third-order valence-electron chi connectivity index (χ3n) is 5.46. The molecule has 37 heavy (non-hydrogen) atoms. The van der Waals surface area contributed by atoms with E-state index in [1.807, 2.05) is 0 Å². The van der Waals surface area contributed by atoms with Crippen molar-refractivity contribution in [3.63, 3.8) is 0 Å². The van der Waals surface area contributed by atoms with Gasteiger partial charge in [-0.25, -0.2) is 4.98 Å². The lowest BCUT2D eigenvalue weighted by Crippen LogP contribution is -2.42. The molecular formula is C25H21ClF3N5O3. The molecule has 192 valence electrons. The highest BCUT2D eigenvalue weighted by atomic mass is 35.5. The van der Waals surface area contributed by atoms with Crippen LogP contribution in [0.4, 0.5) is 24.7 Å². The van der Waals surface area contributed by atoms with E-state index in [1.54, 1.807) is 31.3 Å². The Bertz CT molecular complexity index is 1320. The Kier molecular flexibility index (Phi) is 7.63. The second kappa shape index (κ2) is 10.9. The van der Waals surface area contributed by atoms with E-state index in [9.17, 15) is 22.8 Å². The van der Waals surface area contributed by atoms with Gasteiger partial charge in [0.15, 0.2) is 0 Å². The normalized spacial score (nSPS) is 13.5. The van der Waals surface area contributed by atoms with Gasteiger partial charge in [-0.15, -0.1) is 13.2 Å². The van der Waals surface area contributed by atoms with Crippen molar-refractivity contribution >= 4 is 40.8 Å². The third-order valence-corrected chi connectivity index (χ3v) is 5.68. The van der Waals surface area contributed by atoms with Crippen molar-refractivity contribution in [2.24, 2.45) is 4.99 Å². The van der Waals surface area contributed by atoms with Crippen molar-refractivity contribution in [2.45, 2.75) is 12.8 Å². The summed E-state index contributed by atoms with van der Waals surface area (Å²) in [5, 5.41) is 5.38. The molecule has 2 N–H and O–H groups in total. The molecule has 0 unspecified atom stereocenters. The Labute approximate surface area is 215 Å². The zero-order chi connectivity index (χ0) is 26.6. The lowest BCUT2D eigenvalue weighted by molar-refractivity contribution is -0.274. The largest absolute Gasteiger partial charge is 0.573 e. The molecule has 12 heteroatoms. The van der Waals surface area contributed by atoms with Gasteiger partial charge in [-0.1, -0.05) is 23.7 Å². The number of rotatable bonds is 6. The number of aromatic nitrogens is 1. The number of nitrogens with zero attached hydrogens (tertiary/aromatic N) is 3. The van der Waals surface area contributed by atoms with Crippen molar-refractivity contribution in [3.05, 3.63) is 82.5 Å². The third kappa shape index (κ3) is 6.56. The van der Waals surface area contributed by atoms with E-state index in [-0.39, 0.29) is 22.6 Å². The van der Waals surface area contributed by atoms with E-state index in [4.69, 9.17) is 11.6 Å². The number of amides is 2. The van der Waals surface area contributed by atoms with Crippen LogP contribution in [-0.2, 0) is 0 Å². The topological polar surface area (TPSA) is 95.9 Å². The van der Waals surface area contributed by atoms with Gasteiger partial charge >= 0.3 is 6.36 Å². The second-order valence-corrected chi connectivity index (χ2v) is 8.43. The number of nitrogens with one attached hydrogen (secondary N) is 2. The molecular weight excluding hydrogens is 511 g/mol. The fourth-order valence-electron chi connectivity index (χ4n) is 3.60. The maximum atomic E-state index is 12.9. The summed E-state index contributed by atoms with van der Waals surface area (Å²) >= 11 is 5.79. The molecule has 1 aliphatic heterocycles. The molecule has 2 aromatic carbocycles. The van der Waals surface area contributed by atoms with Gasteiger partial charge in [0.25, 0.3) is 11.8 Å². The number of hydrogen-bond donors (Lipinski definition) is 2. The second-order valence-electron chi connectivity index (χ2n) is 7.99. The minimum absolute atomic E-state index is 0.0218. The number of likely N-dealkylation sites (tertiary alicyclic amines) is 1. The fraction of sp³-hybridized carbons (Fsp3) is 0.200. The molecule has 0 bridgehead atoms. The molecule has 4 rings (SSSR count). The Balaban J connectivity index is 1.57. The quantitative estimate of drug-likeness (QED) is 0.336. The zero-order valence-corrected chi connectivity index (χ0v) is 20.2. The van der Waals surface area contributed by atoms with Crippen molar-refractivity contribution in [3.8, 4) is 5.75 Å². The highest BCUT2D eigenvalue weighted by molar-refractivity contribution is 6.30. The summed E-state index contributed by atoms with van der Waals surface area (Å²) in [5.41, 5.74) is 0.847. The number of anilines is 2. The Hall–Kier alpha value is -4.12. The summed E-state index contributed by atoms with van der Waals surface area (Å²) in [7, 11) is 1.70. The van der Waals surface area contributed by atoms with E-state index in [0.717, 1.165) is 49.1 Å². The summed E-state index contributed by atoms with van der Waals surface area (Å²) in [5.74, 6) is -1.06. The molecule has 0 atom stereocenters. The van der Waals surface area contributed by atoms with Crippen LogP contribution < -0.4 is 15.4 Å². The van der Waals surface area contributed by atoms with Crippen LogP contribution in [0.5, 0.6) is 5.75 Å². The van der Waals surface area contributed by atoms with E-state index >= 15 is 0 Å². The van der Waals surface area contributed by atoms with Gasteiger partial charge in [0.05, 0.1) is 16.3 Å². The average molecular weight is 532 g/mol. The summed E-state index contributed by atoms with van der Waals surface area (Å²) in [6, 6.07) is 12.7. The van der Waals surface area contributed by atoms with Crippen LogP contribution in [0.15, 0.2) is 65.8 Å². The monoisotopic (exact) mass is 531 g/mol. The first-order valence-corrected chi connectivity index (χ1v) is 11.5. The van der Waals surface area contributed by atoms with Crippen LogP contribution in [0, 0.1) is 0 Å². The summed E-state index contributed by atoms with van der Waals surface area (Å²) in [6.07, 6.45) is -2.58. The van der Waals surface area contributed by atoms with Crippen molar-refractivity contribution in [1.82, 2.24) is 9.88 Å². The van der Waals surface area contributed by atoms with Crippen LogP contribution >= 0.6 is 11.6 Å². The van der Waals surface area contributed by atoms with E-state index in [0.29, 0.717) is 5.02 Å². The smallest absolute Gasteiger partial charge is 0.406 e. The van der Waals surface area contributed by atoms with Gasteiger partial charge < -0.3 is 20.3 Å². The van der Waals surface area contributed by atoms with Crippen LogP contribution in [0.3, 0.4) is 0 Å². The highest BCUT2D eigenvalue weighted by Gasteiger charge is 2.31. The molecule has 1 fully saturated rings. The Morgan fingerprint density at radius 3 is 2.27 bits per heavy atom.